The van der Waals surface area contributed by atoms with Crippen LogP contribution in [0, 0.1) is 5.92 Å². The molecule has 0 radical (unpaired) electrons. The van der Waals surface area contributed by atoms with E-state index < -0.39 is 0 Å². The molecule has 0 saturated heterocycles. The first-order chi connectivity index (χ1) is 10.0. The van der Waals surface area contributed by atoms with Crippen LogP contribution >= 0.6 is 11.8 Å². The van der Waals surface area contributed by atoms with E-state index in [4.69, 9.17) is 0 Å². The Morgan fingerprint density at radius 1 is 1.33 bits per heavy atom. The molecule has 2 amide bonds. The Kier molecular flexibility index (Phi) is 5.94. The molecular formula is C16H25N3OS. The number of carbonyl (C=O) groups is 1. The topological polar surface area (TPSA) is 44.4 Å². The van der Waals surface area contributed by atoms with E-state index in [0.29, 0.717) is 5.92 Å². The molecule has 0 bridgehead atoms. The van der Waals surface area contributed by atoms with Crippen molar-refractivity contribution in [3.8, 4) is 0 Å². The number of amides is 2. The average Bonchev–Trinajstić information content (AvgIpc) is 3.24. The quantitative estimate of drug-likeness (QED) is 0.760. The van der Waals surface area contributed by atoms with Gasteiger partial charge in [-0.1, -0.05) is 0 Å². The van der Waals surface area contributed by atoms with Gasteiger partial charge in [-0.05, 0) is 64.0 Å². The van der Waals surface area contributed by atoms with Crippen molar-refractivity contribution in [2.24, 2.45) is 5.92 Å². The highest BCUT2D eigenvalue weighted by molar-refractivity contribution is 7.99. The minimum absolute atomic E-state index is 0.109. The molecular weight excluding hydrogens is 282 g/mol. The molecule has 0 unspecified atom stereocenters. The first-order valence-corrected chi connectivity index (χ1v) is 8.48. The third-order valence-corrected chi connectivity index (χ3v) is 4.60. The molecule has 21 heavy (non-hydrogen) atoms. The van der Waals surface area contributed by atoms with Crippen molar-refractivity contribution in [2.75, 3.05) is 31.7 Å². The SMILES string of the molecule is C[C@H](NC(=O)Nc1ccc(SCCN(C)C)cc1)C1CC1. The van der Waals surface area contributed by atoms with Crippen molar-refractivity contribution < 1.29 is 4.79 Å². The lowest BCUT2D eigenvalue weighted by Gasteiger charge is -2.14. The third-order valence-electron chi connectivity index (χ3n) is 3.61. The number of urea groups is 1. The minimum atomic E-state index is -0.109. The normalized spacial score (nSPS) is 15.8. The number of rotatable bonds is 7. The molecule has 0 aliphatic heterocycles. The number of nitrogens with one attached hydrogen (secondary N) is 2. The standard InChI is InChI=1S/C16H25N3OS/c1-12(13-4-5-13)17-16(20)18-14-6-8-15(9-7-14)21-11-10-19(2)3/h6-9,12-13H,4-5,10-11H2,1-3H3,(H2,17,18,20)/t12-/m0/s1. The Labute approximate surface area is 131 Å². The van der Waals surface area contributed by atoms with E-state index in [9.17, 15) is 4.79 Å². The molecule has 1 aromatic carbocycles. The van der Waals surface area contributed by atoms with Crippen LogP contribution in [0.2, 0.25) is 0 Å². The van der Waals surface area contributed by atoms with Crippen LogP contribution in [0.5, 0.6) is 0 Å². The van der Waals surface area contributed by atoms with Crippen LogP contribution in [-0.2, 0) is 0 Å². The first kappa shape index (κ1) is 16.2. The lowest BCUT2D eigenvalue weighted by atomic mass is 10.2. The monoisotopic (exact) mass is 307 g/mol. The van der Waals surface area contributed by atoms with E-state index in [1.807, 2.05) is 23.9 Å². The molecule has 1 aliphatic rings. The van der Waals surface area contributed by atoms with Gasteiger partial charge < -0.3 is 15.5 Å². The van der Waals surface area contributed by atoms with E-state index in [-0.39, 0.29) is 12.1 Å². The van der Waals surface area contributed by atoms with Gasteiger partial charge in [0.05, 0.1) is 0 Å². The average molecular weight is 307 g/mol. The maximum absolute atomic E-state index is 11.9. The fourth-order valence-electron chi connectivity index (χ4n) is 2.07. The highest BCUT2D eigenvalue weighted by atomic mass is 32.2. The molecule has 4 nitrogen and oxygen atoms in total. The molecule has 0 heterocycles. The summed E-state index contributed by atoms with van der Waals surface area (Å²) >= 11 is 1.83. The summed E-state index contributed by atoms with van der Waals surface area (Å²) < 4.78 is 0. The van der Waals surface area contributed by atoms with E-state index in [1.165, 1.54) is 17.7 Å². The highest BCUT2D eigenvalue weighted by Crippen LogP contribution is 2.32. The summed E-state index contributed by atoms with van der Waals surface area (Å²) in [4.78, 5) is 15.3. The molecule has 2 rings (SSSR count). The number of carbonyl (C=O) groups excluding carboxylic acids is 1. The van der Waals surface area contributed by atoms with E-state index >= 15 is 0 Å². The molecule has 0 aromatic heterocycles. The van der Waals surface area contributed by atoms with Gasteiger partial charge in [0.1, 0.15) is 0 Å². The van der Waals surface area contributed by atoms with E-state index in [0.717, 1.165) is 18.0 Å². The molecule has 1 aromatic rings. The summed E-state index contributed by atoms with van der Waals surface area (Å²) in [5.41, 5.74) is 0.840. The maximum atomic E-state index is 11.9. The van der Waals surface area contributed by atoms with Crippen molar-refractivity contribution in [2.45, 2.75) is 30.7 Å². The van der Waals surface area contributed by atoms with Crippen LogP contribution in [0.25, 0.3) is 0 Å². The summed E-state index contributed by atoms with van der Waals surface area (Å²) in [5.74, 6) is 1.74. The molecule has 1 aliphatic carbocycles. The van der Waals surface area contributed by atoms with Gasteiger partial charge in [-0.15, -0.1) is 11.8 Å². The zero-order valence-electron chi connectivity index (χ0n) is 13.1. The van der Waals surface area contributed by atoms with Gasteiger partial charge in [0.15, 0.2) is 0 Å². The summed E-state index contributed by atoms with van der Waals surface area (Å²) in [5, 5.41) is 5.88. The predicted octanol–water partition coefficient (Wildman–Crippen LogP) is 3.26. The van der Waals surface area contributed by atoms with Crippen molar-refractivity contribution in [3.05, 3.63) is 24.3 Å². The first-order valence-electron chi connectivity index (χ1n) is 7.49. The van der Waals surface area contributed by atoms with Gasteiger partial charge in [-0.25, -0.2) is 4.79 Å². The highest BCUT2D eigenvalue weighted by Gasteiger charge is 2.28. The third kappa shape index (κ3) is 5.98. The fourth-order valence-corrected chi connectivity index (χ4v) is 3.09. The number of nitrogens with zero attached hydrogens (tertiary/aromatic N) is 1. The van der Waals surface area contributed by atoms with Crippen molar-refractivity contribution >= 4 is 23.5 Å². The van der Waals surface area contributed by atoms with Gasteiger partial charge in [-0.3, -0.25) is 0 Å². The number of thioether (sulfide) groups is 1. The van der Waals surface area contributed by atoms with Gasteiger partial charge in [-0.2, -0.15) is 0 Å². The van der Waals surface area contributed by atoms with Crippen LogP contribution in [0.3, 0.4) is 0 Å². The van der Waals surface area contributed by atoms with Gasteiger partial charge in [0.25, 0.3) is 0 Å². The minimum Gasteiger partial charge on any atom is -0.335 e. The van der Waals surface area contributed by atoms with Gasteiger partial charge >= 0.3 is 6.03 Å². The molecule has 1 saturated carbocycles. The Bertz CT molecular complexity index is 457. The Hall–Kier alpha value is -1.20. The van der Waals surface area contributed by atoms with Gasteiger partial charge in [0, 0.05) is 28.9 Å². The van der Waals surface area contributed by atoms with Crippen LogP contribution in [0.1, 0.15) is 19.8 Å². The maximum Gasteiger partial charge on any atom is 0.319 e. The van der Waals surface area contributed by atoms with Crippen LogP contribution in [0.4, 0.5) is 10.5 Å². The molecule has 1 fully saturated rings. The van der Waals surface area contributed by atoms with Crippen LogP contribution in [-0.4, -0.2) is 43.4 Å². The largest absolute Gasteiger partial charge is 0.335 e. The Morgan fingerprint density at radius 3 is 2.57 bits per heavy atom. The summed E-state index contributed by atoms with van der Waals surface area (Å²) in [7, 11) is 4.16. The smallest absolute Gasteiger partial charge is 0.319 e. The number of anilines is 1. The van der Waals surface area contributed by atoms with Crippen molar-refractivity contribution in [3.63, 3.8) is 0 Å². The lowest BCUT2D eigenvalue weighted by Crippen LogP contribution is -2.37. The second-order valence-electron chi connectivity index (χ2n) is 5.90. The summed E-state index contributed by atoms with van der Waals surface area (Å²) in [6, 6.07) is 8.19. The summed E-state index contributed by atoms with van der Waals surface area (Å²) in [6.07, 6.45) is 2.47. The lowest BCUT2D eigenvalue weighted by molar-refractivity contribution is 0.248. The zero-order chi connectivity index (χ0) is 15.2. The predicted molar refractivity (Wildman–Crippen MR) is 90.1 cm³/mol. The second kappa shape index (κ2) is 7.71. The van der Waals surface area contributed by atoms with Gasteiger partial charge in [0.2, 0.25) is 0 Å². The Morgan fingerprint density at radius 2 is 2.00 bits per heavy atom. The zero-order valence-corrected chi connectivity index (χ0v) is 13.9. The van der Waals surface area contributed by atoms with E-state index in [1.54, 1.807) is 0 Å². The Balaban J connectivity index is 1.74. The number of benzene rings is 1. The number of hydrogen-bond acceptors (Lipinski definition) is 3. The van der Waals surface area contributed by atoms with Crippen molar-refractivity contribution in [1.82, 2.24) is 10.2 Å². The van der Waals surface area contributed by atoms with Crippen LogP contribution in [0.15, 0.2) is 29.2 Å². The summed E-state index contributed by atoms with van der Waals surface area (Å²) in [6.45, 7) is 3.13. The molecule has 116 valence electrons. The fraction of sp³-hybridized carbons (Fsp3) is 0.562. The molecule has 0 spiro atoms. The van der Waals surface area contributed by atoms with Crippen LogP contribution < -0.4 is 10.6 Å². The number of hydrogen-bond donors (Lipinski definition) is 2. The van der Waals surface area contributed by atoms with E-state index in [2.05, 4.69) is 48.7 Å². The molecule has 2 N–H and O–H groups in total. The molecule has 1 atom stereocenters. The second-order valence-corrected chi connectivity index (χ2v) is 7.07. The van der Waals surface area contributed by atoms with Crippen molar-refractivity contribution in [1.29, 1.82) is 0 Å². The molecule has 5 heteroatoms.